The average Bonchev–Trinajstić information content (AvgIpc) is 3.14. The molecule has 0 radical (unpaired) electrons. The van der Waals surface area contributed by atoms with Crippen LogP contribution in [0.5, 0.6) is 0 Å². The van der Waals surface area contributed by atoms with E-state index in [0.29, 0.717) is 19.1 Å². The molecule has 1 saturated heterocycles. The molecule has 1 aliphatic heterocycles. The van der Waals surface area contributed by atoms with Gasteiger partial charge >= 0.3 is 0 Å². The van der Waals surface area contributed by atoms with Crippen LogP contribution in [-0.4, -0.2) is 59.1 Å². The fraction of sp³-hybridized carbons (Fsp3) is 0.650. The first-order valence-electron chi connectivity index (χ1n) is 9.60. The molecule has 1 aromatic rings. The zero-order valence-corrected chi connectivity index (χ0v) is 16.1. The van der Waals surface area contributed by atoms with Crippen molar-refractivity contribution in [1.29, 1.82) is 0 Å². The Balaban J connectivity index is 1.76. The van der Waals surface area contributed by atoms with Gasteiger partial charge in [0.2, 0.25) is 0 Å². The predicted octanol–water partition coefficient (Wildman–Crippen LogP) is 2.37. The number of hydrogen-bond donors (Lipinski definition) is 2. The summed E-state index contributed by atoms with van der Waals surface area (Å²) in [4.78, 5) is 4.77. The molecule has 0 aromatic heterocycles. The summed E-state index contributed by atoms with van der Waals surface area (Å²) in [5, 5.41) is 6.69. The largest absolute Gasteiger partial charge is 0.382 e. The summed E-state index contributed by atoms with van der Waals surface area (Å²) < 4.78 is 16.4. The van der Waals surface area contributed by atoms with Gasteiger partial charge in [-0.25, -0.2) is 0 Å². The zero-order chi connectivity index (χ0) is 18.5. The summed E-state index contributed by atoms with van der Waals surface area (Å²) in [6, 6.07) is 10.5. The zero-order valence-electron chi connectivity index (χ0n) is 16.1. The van der Waals surface area contributed by atoms with Gasteiger partial charge in [-0.15, -0.1) is 0 Å². The molecule has 6 nitrogen and oxygen atoms in total. The Morgan fingerprint density at radius 1 is 1.19 bits per heavy atom. The predicted molar refractivity (Wildman–Crippen MR) is 105 cm³/mol. The number of guanidine groups is 1. The maximum atomic E-state index is 5.95. The summed E-state index contributed by atoms with van der Waals surface area (Å²) in [5.41, 5.74) is 1.25. The molecule has 0 aliphatic carbocycles. The molecular formula is C20H33N3O3. The monoisotopic (exact) mass is 363 g/mol. The molecule has 2 rings (SSSR count). The Labute approximate surface area is 157 Å². The van der Waals surface area contributed by atoms with Crippen LogP contribution >= 0.6 is 0 Å². The first kappa shape index (κ1) is 20.7. The minimum Gasteiger partial charge on any atom is -0.382 e. The second-order valence-corrected chi connectivity index (χ2v) is 6.36. The highest BCUT2D eigenvalue weighted by atomic mass is 16.5. The van der Waals surface area contributed by atoms with Crippen LogP contribution < -0.4 is 10.6 Å². The third-order valence-corrected chi connectivity index (χ3v) is 4.36. The van der Waals surface area contributed by atoms with Crippen molar-refractivity contribution in [3.63, 3.8) is 0 Å². The Bertz CT molecular complexity index is 510. The van der Waals surface area contributed by atoms with E-state index < -0.39 is 0 Å². The van der Waals surface area contributed by atoms with E-state index in [0.717, 1.165) is 51.6 Å². The van der Waals surface area contributed by atoms with Gasteiger partial charge in [0.05, 0.1) is 19.3 Å². The van der Waals surface area contributed by atoms with E-state index in [9.17, 15) is 0 Å². The molecule has 146 valence electrons. The normalized spacial score (nSPS) is 20.3. The highest BCUT2D eigenvalue weighted by molar-refractivity contribution is 5.79. The van der Waals surface area contributed by atoms with Crippen molar-refractivity contribution in [2.45, 2.75) is 25.9 Å². The van der Waals surface area contributed by atoms with Crippen molar-refractivity contribution in [3.8, 4) is 0 Å². The van der Waals surface area contributed by atoms with Crippen LogP contribution in [0.25, 0.3) is 0 Å². The second kappa shape index (κ2) is 12.7. The van der Waals surface area contributed by atoms with E-state index in [4.69, 9.17) is 19.2 Å². The van der Waals surface area contributed by atoms with Crippen molar-refractivity contribution in [2.24, 2.45) is 10.9 Å². The third-order valence-electron chi connectivity index (χ3n) is 4.36. The molecule has 0 amide bonds. The maximum absolute atomic E-state index is 5.95. The van der Waals surface area contributed by atoms with E-state index in [-0.39, 0.29) is 6.10 Å². The number of rotatable bonds is 11. The van der Waals surface area contributed by atoms with Gasteiger partial charge in [-0.05, 0) is 25.3 Å². The summed E-state index contributed by atoms with van der Waals surface area (Å²) in [6.45, 7) is 7.35. The van der Waals surface area contributed by atoms with Crippen LogP contribution in [0.15, 0.2) is 35.3 Å². The van der Waals surface area contributed by atoms with E-state index in [1.165, 1.54) is 5.56 Å². The molecule has 1 heterocycles. The standard InChI is InChI=1S/C20H33N3O3/c1-3-21-20(22-11-7-12-25-15-14-24-2)23-16-18-10-13-26-19(18)17-8-5-4-6-9-17/h4-6,8-9,18-19H,3,7,10-16H2,1-2H3,(H2,21,22,23). The van der Waals surface area contributed by atoms with Crippen LogP contribution in [0, 0.1) is 5.92 Å². The summed E-state index contributed by atoms with van der Waals surface area (Å²) >= 11 is 0. The fourth-order valence-corrected chi connectivity index (χ4v) is 3.01. The minimum absolute atomic E-state index is 0.150. The van der Waals surface area contributed by atoms with Crippen molar-refractivity contribution >= 4 is 5.96 Å². The summed E-state index contributed by atoms with van der Waals surface area (Å²) in [5.74, 6) is 1.29. The molecule has 26 heavy (non-hydrogen) atoms. The van der Waals surface area contributed by atoms with E-state index in [1.54, 1.807) is 7.11 Å². The number of nitrogens with one attached hydrogen (secondary N) is 2. The van der Waals surface area contributed by atoms with Gasteiger partial charge in [0.25, 0.3) is 0 Å². The number of methoxy groups -OCH3 is 1. The number of aliphatic imine (C=N–C) groups is 1. The molecule has 0 saturated carbocycles. The van der Waals surface area contributed by atoms with Crippen LogP contribution in [0.4, 0.5) is 0 Å². The van der Waals surface area contributed by atoms with Gasteiger partial charge in [-0.1, -0.05) is 30.3 Å². The topological polar surface area (TPSA) is 64.1 Å². The van der Waals surface area contributed by atoms with Crippen LogP contribution in [-0.2, 0) is 14.2 Å². The minimum atomic E-state index is 0.150. The molecule has 1 aliphatic rings. The first-order chi connectivity index (χ1) is 12.8. The Morgan fingerprint density at radius 2 is 2.04 bits per heavy atom. The van der Waals surface area contributed by atoms with Crippen molar-refractivity contribution < 1.29 is 14.2 Å². The highest BCUT2D eigenvalue weighted by Gasteiger charge is 2.29. The van der Waals surface area contributed by atoms with Gasteiger partial charge < -0.3 is 24.8 Å². The van der Waals surface area contributed by atoms with E-state index >= 15 is 0 Å². The highest BCUT2D eigenvalue weighted by Crippen LogP contribution is 2.34. The number of hydrogen-bond acceptors (Lipinski definition) is 4. The van der Waals surface area contributed by atoms with Crippen molar-refractivity contribution in [1.82, 2.24) is 10.6 Å². The Morgan fingerprint density at radius 3 is 2.81 bits per heavy atom. The maximum Gasteiger partial charge on any atom is 0.191 e. The number of benzene rings is 1. The van der Waals surface area contributed by atoms with Gasteiger partial charge in [0, 0.05) is 45.9 Å². The molecule has 2 atom stereocenters. The Hall–Kier alpha value is -1.63. The lowest BCUT2D eigenvalue weighted by atomic mass is 9.95. The number of nitrogens with zero attached hydrogens (tertiary/aromatic N) is 1. The van der Waals surface area contributed by atoms with Gasteiger partial charge in [-0.2, -0.15) is 0 Å². The number of ether oxygens (including phenoxy) is 3. The first-order valence-corrected chi connectivity index (χ1v) is 9.60. The molecule has 1 aromatic carbocycles. The Kier molecular flexibility index (Phi) is 10.1. The van der Waals surface area contributed by atoms with Crippen LogP contribution in [0.3, 0.4) is 0 Å². The van der Waals surface area contributed by atoms with Crippen molar-refractivity contribution in [3.05, 3.63) is 35.9 Å². The van der Waals surface area contributed by atoms with Gasteiger partial charge in [0.1, 0.15) is 0 Å². The smallest absolute Gasteiger partial charge is 0.191 e. The lowest BCUT2D eigenvalue weighted by molar-refractivity contribution is 0.0698. The SMILES string of the molecule is CCNC(=NCC1CCOC1c1ccccc1)NCCCOCCOC. The lowest BCUT2D eigenvalue weighted by Crippen LogP contribution is -2.38. The van der Waals surface area contributed by atoms with Gasteiger partial charge in [0.15, 0.2) is 5.96 Å². The molecule has 1 fully saturated rings. The summed E-state index contributed by atoms with van der Waals surface area (Å²) in [6.07, 6.45) is 2.14. The molecule has 0 spiro atoms. The molecule has 0 bridgehead atoms. The van der Waals surface area contributed by atoms with Crippen molar-refractivity contribution in [2.75, 3.05) is 53.2 Å². The van der Waals surface area contributed by atoms with E-state index in [2.05, 4.69) is 41.8 Å². The third kappa shape index (κ3) is 7.32. The fourth-order valence-electron chi connectivity index (χ4n) is 3.01. The van der Waals surface area contributed by atoms with Gasteiger partial charge in [-0.3, -0.25) is 4.99 Å². The lowest BCUT2D eigenvalue weighted by Gasteiger charge is -2.18. The average molecular weight is 364 g/mol. The van der Waals surface area contributed by atoms with Crippen LogP contribution in [0.2, 0.25) is 0 Å². The quantitative estimate of drug-likeness (QED) is 0.359. The van der Waals surface area contributed by atoms with E-state index in [1.807, 2.05) is 6.07 Å². The van der Waals surface area contributed by atoms with Crippen LogP contribution in [0.1, 0.15) is 31.4 Å². The molecule has 2 N–H and O–H groups in total. The molecule has 6 heteroatoms. The summed E-state index contributed by atoms with van der Waals surface area (Å²) in [7, 11) is 1.68. The second-order valence-electron chi connectivity index (χ2n) is 6.36. The molecule has 2 unspecified atom stereocenters. The molecular weight excluding hydrogens is 330 g/mol.